The molecule has 0 saturated heterocycles. The lowest BCUT2D eigenvalue weighted by Gasteiger charge is -2.19. The monoisotopic (exact) mass is 243 g/mol. The first-order chi connectivity index (χ1) is 7.69. The SMILES string of the molecule is CNC(CCl)c1ccc(OC)c(C)c1OC. The zero-order valence-corrected chi connectivity index (χ0v) is 10.9. The second-order valence-electron chi connectivity index (χ2n) is 3.51. The fourth-order valence-electron chi connectivity index (χ4n) is 1.78. The number of ether oxygens (including phenoxy) is 2. The summed E-state index contributed by atoms with van der Waals surface area (Å²) in [6, 6.07) is 4.00. The highest BCUT2D eigenvalue weighted by Crippen LogP contribution is 2.34. The lowest BCUT2D eigenvalue weighted by atomic mass is 10.0. The lowest BCUT2D eigenvalue weighted by molar-refractivity contribution is 0.382. The van der Waals surface area contributed by atoms with Crippen LogP contribution in [0.1, 0.15) is 17.2 Å². The Kier molecular flexibility index (Phi) is 4.90. The summed E-state index contributed by atoms with van der Waals surface area (Å²) in [5.74, 6) is 2.16. The Balaban J connectivity index is 3.24. The summed E-state index contributed by atoms with van der Waals surface area (Å²) in [7, 11) is 5.19. The van der Waals surface area contributed by atoms with Crippen LogP contribution in [0.3, 0.4) is 0 Å². The van der Waals surface area contributed by atoms with Crippen LogP contribution >= 0.6 is 11.6 Å². The normalized spacial score (nSPS) is 12.3. The molecule has 0 bridgehead atoms. The first-order valence-corrected chi connectivity index (χ1v) is 5.67. The van der Waals surface area contributed by atoms with Gasteiger partial charge in [-0.3, -0.25) is 0 Å². The average molecular weight is 244 g/mol. The van der Waals surface area contributed by atoms with Crippen molar-refractivity contribution < 1.29 is 9.47 Å². The van der Waals surface area contributed by atoms with E-state index in [1.165, 1.54) is 0 Å². The maximum atomic E-state index is 5.91. The maximum absolute atomic E-state index is 5.91. The Morgan fingerprint density at radius 3 is 2.44 bits per heavy atom. The zero-order chi connectivity index (χ0) is 12.1. The average Bonchev–Trinajstić information content (AvgIpc) is 2.31. The van der Waals surface area contributed by atoms with Crippen molar-refractivity contribution in [3.05, 3.63) is 23.3 Å². The molecule has 1 unspecified atom stereocenters. The molecule has 0 fully saturated rings. The molecule has 0 spiro atoms. The third-order valence-electron chi connectivity index (χ3n) is 2.69. The van der Waals surface area contributed by atoms with Crippen LogP contribution in [0, 0.1) is 6.92 Å². The van der Waals surface area contributed by atoms with Gasteiger partial charge in [0.2, 0.25) is 0 Å². The highest BCUT2D eigenvalue weighted by Gasteiger charge is 2.17. The third kappa shape index (κ3) is 2.42. The molecule has 90 valence electrons. The standard InChI is InChI=1S/C12H18ClNO2/c1-8-11(15-3)6-5-9(12(8)16-4)10(7-13)14-2/h5-6,10,14H,7H2,1-4H3. The minimum absolute atomic E-state index is 0.0845. The van der Waals surface area contributed by atoms with E-state index in [1.54, 1.807) is 14.2 Å². The zero-order valence-electron chi connectivity index (χ0n) is 10.1. The van der Waals surface area contributed by atoms with Crippen molar-refractivity contribution >= 4 is 11.6 Å². The Hall–Kier alpha value is -0.930. The molecular formula is C12H18ClNO2. The minimum atomic E-state index is 0.0845. The first kappa shape index (κ1) is 13.1. The summed E-state index contributed by atoms with van der Waals surface area (Å²) in [5, 5.41) is 3.15. The summed E-state index contributed by atoms with van der Waals surface area (Å²) in [5.41, 5.74) is 2.05. The van der Waals surface area contributed by atoms with Crippen molar-refractivity contribution in [1.82, 2.24) is 5.32 Å². The number of benzene rings is 1. The maximum Gasteiger partial charge on any atom is 0.130 e. The van der Waals surface area contributed by atoms with Crippen molar-refractivity contribution in [2.24, 2.45) is 0 Å². The van der Waals surface area contributed by atoms with Crippen LogP contribution in [-0.4, -0.2) is 27.1 Å². The van der Waals surface area contributed by atoms with Crippen molar-refractivity contribution in [2.75, 3.05) is 27.1 Å². The van der Waals surface area contributed by atoms with Crippen LogP contribution in [0.15, 0.2) is 12.1 Å². The van der Waals surface area contributed by atoms with E-state index >= 15 is 0 Å². The van der Waals surface area contributed by atoms with Gasteiger partial charge in [0, 0.05) is 23.0 Å². The summed E-state index contributed by atoms with van der Waals surface area (Å²) < 4.78 is 10.7. The van der Waals surface area contributed by atoms with Gasteiger partial charge in [-0.05, 0) is 20.0 Å². The molecule has 0 radical (unpaired) electrons. The van der Waals surface area contributed by atoms with Crippen molar-refractivity contribution in [3.63, 3.8) is 0 Å². The fraction of sp³-hybridized carbons (Fsp3) is 0.500. The molecule has 4 heteroatoms. The Bertz CT molecular complexity index is 351. The van der Waals surface area contributed by atoms with Crippen LogP contribution in [0.5, 0.6) is 11.5 Å². The van der Waals surface area contributed by atoms with Crippen LogP contribution < -0.4 is 14.8 Å². The van der Waals surface area contributed by atoms with Gasteiger partial charge >= 0.3 is 0 Å². The topological polar surface area (TPSA) is 30.5 Å². The first-order valence-electron chi connectivity index (χ1n) is 5.14. The molecule has 0 saturated carbocycles. The molecule has 1 aromatic rings. The molecule has 1 atom stereocenters. The molecule has 0 aromatic heterocycles. The predicted molar refractivity (Wildman–Crippen MR) is 66.8 cm³/mol. The van der Waals surface area contributed by atoms with Gasteiger partial charge in [-0.2, -0.15) is 0 Å². The minimum Gasteiger partial charge on any atom is -0.496 e. The van der Waals surface area contributed by atoms with Crippen LogP contribution in [-0.2, 0) is 0 Å². The molecular weight excluding hydrogens is 226 g/mol. The third-order valence-corrected chi connectivity index (χ3v) is 3.00. The van der Waals surface area contributed by atoms with Crippen molar-refractivity contribution in [2.45, 2.75) is 13.0 Å². The number of halogens is 1. The van der Waals surface area contributed by atoms with Gasteiger partial charge in [0.25, 0.3) is 0 Å². The largest absolute Gasteiger partial charge is 0.496 e. The molecule has 0 amide bonds. The van der Waals surface area contributed by atoms with E-state index in [1.807, 2.05) is 26.1 Å². The number of hydrogen-bond acceptors (Lipinski definition) is 3. The van der Waals surface area contributed by atoms with Crippen LogP contribution in [0.2, 0.25) is 0 Å². The van der Waals surface area contributed by atoms with E-state index in [9.17, 15) is 0 Å². The smallest absolute Gasteiger partial charge is 0.130 e. The van der Waals surface area contributed by atoms with Crippen LogP contribution in [0.25, 0.3) is 0 Å². The second kappa shape index (κ2) is 5.97. The number of methoxy groups -OCH3 is 2. The fourth-order valence-corrected chi connectivity index (χ4v) is 2.10. The Morgan fingerprint density at radius 1 is 1.31 bits per heavy atom. The predicted octanol–water partition coefficient (Wildman–Crippen LogP) is 2.51. The van der Waals surface area contributed by atoms with E-state index in [0.717, 1.165) is 22.6 Å². The molecule has 16 heavy (non-hydrogen) atoms. The quantitative estimate of drug-likeness (QED) is 0.807. The van der Waals surface area contributed by atoms with Gasteiger partial charge in [-0.25, -0.2) is 0 Å². The van der Waals surface area contributed by atoms with E-state index in [2.05, 4.69) is 5.32 Å². The Morgan fingerprint density at radius 2 is 2.00 bits per heavy atom. The van der Waals surface area contributed by atoms with E-state index in [4.69, 9.17) is 21.1 Å². The number of rotatable bonds is 5. The highest BCUT2D eigenvalue weighted by atomic mass is 35.5. The molecule has 3 nitrogen and oxygen atoms in total. The van der Waals surface area contributed by atoms with Gasteiger partial charge in [-0.1, -0.05) is 6.07 Å². The summed E-state index contributed by atoms with van der Waals surface area (Å²) in [6.07, 6.45) is 0. The van der Waals surface area contributed by atoms with E-state index in [-0.39, 0.29) is 6.04 Å². The lowest BCUT2D eigenvalue weighted by Crippen LogP contribution is -2.19. The molecule has 0 aliphatic carbocycles. The molecule has 0 heterocycles. The number of hydrogen-bond donors (Lipinski definition) is 1. The second-order valence-corrected chi connectivity index (χ2v) is 3.82. The Labute approximate surface area is 102 Å². The summed E-state index contributed by atoms with van der Waals surface area (Å²) in [6.45, 7) is 1.97. The van der Waals surface area contributed by atoms with E-state index < -0.39 is 0 Å². The van der Waals surface area contributed by atoms with Gasteiger partial charge < -0.3 is 14.8 Å². The highest BCUT2D eigenvalue weighted by molar-refractivity contribution is 6.18. The van der Waals surface area contributed by atoms with E-state index in [0.29, 0.717) is 5.88 Å². The van der Waals surface area contributed by atoms with Crippen molar-refractivity contribution in [3.8, 4) is 11.5 Å². The van der Waals surface area contributed by atoms with Gasteiger partial charge in [0.05, 0.1) is 14.2 Å². The van der Waals surface area contributed by atoms with Gasteiger partial charge in [0.1, 0.15) is 11.5 Å². The summed E-state index contributed by atoms with van der Waals surface area (Å²) in [4.78, 5) is 0. The molecule has 0 aliphatic heterocycles. The molecule has 1 aromatic carbocycles. The number of alkyl halides is 1. The summed E-state index contributed by atoms with van der Waals surface area (Å²) >= 11 is 5.91. The van der Waals surface area contributed by atoms with Gasteiger partial charge in [-0.15, -0.1) is 11.6 Å². The van der Waals surface area contributed by atoms with Crippen LogP contribution in [0.4, 0.5) is 0 Å². The molecule has 1 rings (SSSR count). The van der Waals surface area contributed by atoms with Gasteiger partial charge in [0.15, 0.2) is 0 Å². The number of nitrogens with one attached hydrogen (secondary N) is 1. The van der Waals surface area contributed by atoms with Crippen molar-refractivity contribution in [1.29, 1.82) is 0 Å². The molecule has 0 aliphatic rings. The molecule has 1 N–H and O–H groups in total.